The Morgan fingerprint density at radius 2 is 2.04 bits per heavy atom. The van der Waals surface area contributed by atoms with Crippen LogP contribution in [0.5, 0.6) is 0 Å². The molecule has 2 heterocycles. The zero-order valence-electron chi connectivity index (χ0n) is 14.6. The van der Waals surface area contributed by atoms with Crippen LogP contribution in [0.15, 0.2) is 11.6 Å². The van der Waals surface area contributed by atoms with Crippen LogP contribution < -0.4 is 21.2 Å². The van der Waals surface area contributed by atoms with Gasteiger partial charge in [0.1, 0.15) is 6.04 Å². The third kappa shape index (κ3) is 4.81. The van der Waals surface area contributed by atoms with Gasteiger partial charge in [-0.2, -0.15) is 5.10 Å². The number of anilines is 1. The van der Waals surface area contributed by atoms with Crippen LogP contribution in [0.25, 0.3) is 12.7 Å². The Morgan fingerprint density at radius 3 is 2.61 bits per heavy atom. The number of carbonyl (C=O) groups excluding carboxylic acids is 2. The van der Waals surface area contributed by atoms with Crippen molar-refractivity contribution in [2.24, 2.45) is 7.05 Å². The maximum atomic E-state index is 11.8. The Hall–Kier alpha value is -2.37. The highest BCUT2D eigenvalue weighted by Crippen LogP contribution is 2.08. The lowest BCUT2D eigenvalue weighted by Gasteiger charge is -2.21. The first-order valence-corrected chi connectivity index (χ1v) is 7.86. The molecule has 0 spiro atoms. The largest absolute Gasteiger partial charge is 0.356 e. The molecule has 1 aromatic heterocycles. The summed E-state index contributed by atoms with van der Waals surface area (Å²) in [6, 6.07) is -0.448. The molecule has 2 amide bonds. The average Bonchev–Trinajstić information content (AvgIpc) is 2.76. The van der Waals surface area contributed by atoms with E-state index in [4.69, 9.17) is 0 Å². The molecule has 0 aromatic carbocycles. The quantitative estimate of drug-likeness (QED) is 0.809. The van der Waals surface area contributed by atoms with Gasteiger partial charge >= 0.3 is 0 Å². The van der Waals surface area contributed by atoms with Crippen molar-refractivity contribution in [1.82, 2.24) is 15.1 Å². The van der Waals surface area contributed by atoms with Crippen LogP contribution in [0.2, 0.25) is 0 Å². The fourth-order valence-electron chi connectivity index (χ4n) is 2.10. The number of rotatable bonds is 3. The summed E-state index contributed by atoms with van der Waals surface area (Å²) in [5, 5.41) is 11.4. The average molecular weight is 318 g/mol. The second kappa shape index (κ2) is 8.31. The van der Waals surface area contributed by atoms with E-state index in [2.05, 4.69) is 22.3 Å². The maximum absolute atomic E-state index is 11.8. The molecule has 1 saturated heterocycles. The molecule has 6 heteroatoms. The van der Waals surface area contributed by atoms with Gasteiger partial charge in [-0.25, -0.2) is 0 Å². The highest BCUT2D eigenvalue weighted by Gasteiger charge is 2.27. The van der Waals surface area contributed by atoms with Gasteiger partial charge in [0, 0.05) is 18.7 Å². The Morgan fingerprint density at radius 1 is 1.39 bits per heavy atom. The molecule has 0 bridgehead atoms. The molecular formula is C17H26N4O2. The summed E-state index contributed by atoms with van der Waals surface area (Å²) in [6.45, 7) is 12.0. The minimum atomic E-state index is -0.448. The molecule has 6 nitrogen and oxygen atoms in total. The number of carbonyl (C=O) groups is 2. The van der Waals surface area contributed by atoms with Gasteiger partial charge in [-0.15, -0.1) is 0 Å². The van der Waals surface area contributed by atoms with Crippen molar-refractivity contribution in [3.63, 3.8) is 0 Å². The number of amides is 2. The van der Waals surface area contributed by atoms with E-state index in [0.29, 0.717) is 18.7 Å². The second-order valence-corrected chi connectivity index (χ2v) is 5.39. The van der Waals surface area contributed by atoms with E-state index in [1.54, 1.807) is 11.7 Å². The van der Waals surface area contributed by atoms with Gasteiger partial charge < -0.3 is 5.32 Å². The smallest absolute Gasteiger partial charge is 0.249 e. The molecule has 0 saturated carbocycles. The molecule has 1 aliphatic heterocycles. The molecule has 2 N–H and O–H groups in total. The third-order valence-corrected chi connectivity index (χ3v) is 3.34. The monoisotopic (exact) mass is 318 g/mol. The van der Waals surface area contributed by atoms with Crippen molar-refractivity contribution in [2.75, 3.05) is 5.32 Å². The van der Waals surface area contributed by atoms with Crippen molar-refractivity contribution < 1.29 is 9.59 Å². The van der Waals surface area contributed by atoms with Gasteiger partial charge in [-0.3, -0.25) is 19.6 Å². The Balaban J connectivity index is 0.00000127. The first kappa shape index (κ1) is 18.7. The summed E-state index contributed by atoms with van der Waals surface area (Å²) in [5.74, 6) is 0.0680. The van der Waals surface area contributed by atoms with E-state index in [1.807, 2.05) is 39.8 Å². The van der Waals surface area contributed by atoms with E-state index >= 15 is 0 Å². The molecule has 0 radical (unpaired) electrons. The van der Waals surface area contributed by atoms with Gasteiger partial charge in [0.05, 0.1) is 5.35 Å². The maximum Gasteiger partial charge on any atom is 0.249 e. The normalized spacial score (nSPS) is 18.0. The second-order valence-electron chi connectivity index (χ2n) is 5.39. The molecular weight excluding hydrogens is 292 g/mol. The van der Waals surface area contributed by atoms with E-state index < -0.39 is 6.04 Å². The van der Waals surface area contributed by atoms with Crippen molar-refractivity contribution in [2.45, 2.75) is 46.6 Å². The molecule has 1 fully saturated rings. The van der Waals surface area contributed by atoms with Crippen LogP contribution in [0.1, 0.15) is 40.5 Å². The molecule has 126 valence electrons. The van der Waals surface area contributed by atoms with Crippen LogP contribution in [0.3, 0.4) is 0 Å². The zero-order chi connectivity index (χ0) is 17.6. The van der Waals surface area contributed by atoms with Crippen molar-refractivity contribution >= 4 is 30.3 Å². The topological polar surface area (TPSA) is 76.0 Å². The molecule has 0 aliphatic carbocycles. The lowest BCUT2D eigenvalue weighted by Crippen LogP contribution is -2.48. The van der Waals surface area contributed by atoms with Gasteiger partial charge in [-0.1, -0.05) is 32.1 Å². The Bertz CT molecular complexity index is 712. The molecule has 1 aromatic rings. The number of hydrogen-bond donors (Lipinski definition) is 2. The van der Waals surface area contributed by atoms with Crippen LogP contribution >= 0.6 is 0 Å². The highest BCUT2D eigenvalue weighted by atomic mass is 16.2. The number of allylic oxidation sites excluding steroid dienone is 2. The van der Waals surface area contributed by atoms with Crippen molar-refractivity contribution in [3.05, 3.63) is 22.2 Å². The van der Waals surface area contributed by atoms with Gasteiger partial charge in [-0.05, 0) is 26.3 Å². The first-order chi connectivity index (χ1) is 10.9. The van der Waals surface area contributed by atoms with E-state index in [9.17, 15) is 9.59 Å². The Labute approximate surface area is 137 Å². The van der Waals surface area contributed by atoms with Gasteiger partial charge in [0.25, 0.3) is 0 Å². The lowest BCUT2D eigenvalue weighted by atomic mass is 10.1. The lowest BCUT2D eigenvalue weighted by molar-refractivity contribution is -0.133. The highest BCUT2D eigenvalue weighted by molar-refractivity contribution is 6.01. The fraction of sp³-hybridized carbons (Fsp3) is 0.471. The van der Waals surface area contributed by atoms with Gasteiger partial charge in [0.2, 0.25) is 11.8 Å². The summed E-state index contributed by atoms with van der Waals surface area (Å²) in [4.78, 5) is 23.0. The van der Waals surface area contributed by atoms with Crippen LogP contribution in [-0.2, 0) is 16.6 Å². The summed E-state index contributed by atoms with van der Waals surface area (Å²) in [7, 11) is 1.80. The minimum absolute atomic E-state index is 0.228. The van der Waals surface area contributed by atoms with Crippen molar-refractivity contribution in [3.8, 4) is 0 Å². The molecule has 2 rings (SSSR count). The summed E-state index contributed by atoms with van der Waals surface area (Å²) < 4.78 is 1.67. The number of hydrogen-bond acceptors (Lipinski definition) is 4. The van der Waals surface area contributed by atoms with E-state index in [-0.39, 0.29) is 11.8 Å². The number of aromatic nitrogens is 2. The minimum Gasteiger partial charge on any atom is -0.356 e. The molecule has 1 unspecified atom stereocenters. The zero-order valence-corrected chi connectivity index (χ0v) is 14.6. The molecule has 1 aliphatic rings. The standard InChI is InChI=1S/C15H20N4O2.C2H6/c1-9(2)5-6-11-10(3)19(4)18-14(11)16-12-7-8-13(20)17-15(12)21;1-2/h5-6,12H,3,7-8H2,1-2,4H3,(H,16,18)(H,17,20,21);1-2H3/b11-6+;. The van der Waals surface area contributed by atoms with Crippen LogP contribution in [0, 0.1) is 0 Å². The predicted octanol–water partition coefficient (Wildman–Crippen LogP) is 0.820. The van der Waals surface area contributed by atoms with Gasteiger partial charge in [0.15, 0.2) is 5.82 Å². The third-order valence-electron chi connectivity index (χ3n) is 3.34. The van der Waals surface area contributed by atoms with Crippen LogP contribution in [-0.4, -0.2) is 27.6 Å². The van der Waals surface area contributed by atoms with Crippen LogP contribution in [0.4, 0.5) is 5.82 Å². The summed E-state index contributed by atoms with van der Waals surface area (Å²) in [6.07, 6.45) is 4.70. The molecule has 1 atom stereocenters. The first-order valence-electron chi connectivity index (χ1n) is 7.86. The van der Waals surface area contributed by atoms with E-state index in [1.165, 1.54) is 0 Å². The van der Waals surface area contributed by atoms with Crippen molar-refractivity contribution in [1.29, 1.82) is 0 Å². The predicted molar refractivity (Wildman–Crippen MR) is 93.0 cm³/mol. The number of piperidine rings is 1. The SMILES string of the molecule is C=c1/c(=C\C=C(C)C)c(NC2CCC(=O)NC2=O)nn1C.CC. The summed E-state index contributed by atoms with van der Waals surface area (Å²) in [5.41, 5.74) is 1.16. The van der Waals surface area contributed by atoms with E-state index in [0.717, 1.165) is 16.1 Å². The number of nitrogens with zero attached hydrogens (tertiary/aromatic N) is 2. The number of imide groups is 1. The Kier molecular flexibility index (Phi) is 6.75. The fourth-order valence-corrected chi connectivity index (χ4v) is 2.10. The number of nitrogens with one attached hydrogen (secondary N) is 2. The molecule has 23 heavy (non-hydrogen) atoms. The summed E-state index contributed by atoms with van der Waals surface area (Å²) >= 11 is 0. The number of aryl methyl sites for hydroxylation is 1.